The van der Waals surface area contributed by atoms with E-state index >= 15 is 0 Å². The van der Waals surface area contributed by atoms with Crippen molar-refractivity contribution >= 4 is 17.8 Å². The van der Waals surface area contributed by atoms with Gasteiger partial charge in [-0.25, -0.2) is 0 Å². The van der Waals surface area contributed by atoms with E-state index in [1.54, 1.807) is 0 Å². The first-order valence-corrected chi connectivity index (χ1v) is 8.34. The van der Waals surface area contributed by atoms with E-state index in [9.17, 15) is 4.79 Å². The van der Waals surface area contributed by atoms with Crippen LogP contribution in [0.5, 0.6) is 0 Å². The van der Waals surface area contributed by atoms with Crippen molar-refractivity contribution in [2.45, 2.75) is 25.8 Å². The molecule has 0 unspecified atom stereocenters. The summed E-state index contributed by atoms with van der Waals surface area (Å²) in [5.41, 5.74) is 1.01. The molecule has 0 aliphatic carbocycles. The molecule has 0 aliphatic heterocycles. The first kappa shape index (κ1) is 18.6. The van der Waals surface area contributed by atoms with Gasteiger partial charge in [-0.1, -0.05) is 37.3 Å². The Labute approximate surface area is 149 Å². The summed E-state index contributed by atoms with van der Waals surface area (Å²) in [6, 6.07) is 9.80. The normalized spacial score (nSPS) is 11.7. The predicted molar refractivity (Wildman–Crippen MR) is 99.8 cm³/mol. The van der Waals surface area contributed by atoms with Crippen LogP contribution in [0.3, 0.4) is 0 Å². The number of hydrogen-bond acceptors (Lipinski definition) is 6. The van der Waals surface area contributed by atoms with Gasteiger partial charge in [0, 0.05) is 28.2 Å². The Kier molecular flexibility index (Phi) is 6.27. The molecule has 7 nitrogen and oxygen atoms in total. The second-order valence-electron chi connectivity index (χ2n) is 6.23. The average Bonchev–Trinajstić information content (AvgIpc) is 2.61. The highest BCUT2D eigenvalue weighted by molar-refractivity contribution is 5.83. The Hall–Kier alpha value is -2.70. The zero-order valence-corrected chi connectivity index (χ0v) is 15.5. The number of benzene rings is 1. The fourth-order valence-corrected chi connectivity index (χ4v) is 2.42. The van der Waals surface area contributed by atoms with Crippen molar-refractivity contribution in [1.82, 2.24) is 20.3 Å². The van der Waals surface area contributed by atoms with E-state index in [2.05, 4.69) is 20.3 Å². The third-order valence-corrected chi connectivity index (χ3v) is 3.81. The number of anilines is 2. The maximum Gasteiger partial charge on any atom is 0.229 e. The van der Waals surface area contributed by atoms with Gasteiger partial charge in [0.05, 0.1) is 12.5 Å². The van der Waals surface area contributed by atoms with E-state index in [4.69, 9.17) is 0 Å². The molecule has 0 radical (unpaired) electrons. The topological polar surface area (TPSA) is 74.2 Å². The molecule has 134 valence electrons. The van der Waals surface area contributed by atoms with Crippen LogP contribution in [0.1, 0.15) is 30.7 Å². The Bertz CT molecular complexity index is 676. The Morgan fingerprint density at radius 2 is 1.56 bits per heavy atom. The van der Waals surface area contributed by atoms with Crippen molar-refractivity contribution in [3.05, 3.63) is 41.7 Å². The summed E-state index contributed by atoms with van der Waals surface area (Å²) >= 11 is 0. The van der Waals surface area contributed by atoms with Crippen molar-refractivity contribution in [2.75, 3.05) is 38.0 Å². The predicted octanol–water partition coefficient (Wildman–Crippen LogP) is 1.81. The number of aromatic nitrogens is 3. The van der Waals surface area contributed by atoms with Crippen LogP contribution in [0, 0.1) is 0 Å². The summed E-state index contributed by atoms with van der Waals surface area (Å²) in [4.78, 5) is 29.4. The first-order chi connectivity index (χ1) is 11.9. The molecule has 1 aromatic carbocycles. The van der Waals surface area contributed by atoms with Gasteiger partial charge in [0.1, 0.15) is 0 Å². The van der Waals surface area contributed by atoms with E-state index in [0.717, 1.165) is 12.0 Å². The van der Waals surface area contributed by atoms with E-state index in [-0.39, 0.29) is 18.4 Å². The fourth-order valence-electron chi connectivity index (χ4n) is 2.42. The quantitative estimate of drug-likeness (QED) is 0.827. The van der Waals surface area contributed by atoms with E-state index in [1.165, 1.54) is 0 Å². The monoisotopic (exact) mass is 342 g/mol. The minimum atomic E-state index is -0.176. The SMILES string of the molecule is CC[C@@H](C(=O)NCc1nc(N(C)C)nc(N(C)C)n1)c1ccccc1. The number of carbonyl (C=O) groups excluding carboxylic acids is 1. The van der Waals surface area contributed by atoms with Crippen molar-refractivity contribution in [2.24, 2.45) is 0 Å². The average molecular weight is 342 g/mol. The van der Waals surface area contributed by atoms with Crippen molar-refractivity contribution < 1.29 is 4.79 Å². The molecule has 25 heavy (non-hydrogen) atoms. The molecule has 1 heterocycles. The van der Waals surface area contributed by atoms with Crippen LogP contribution in [0.2, 0.25) is 0 Å². The highest BCUT2D eigenvalue weighted by Crippen LogP contribution is 2.19. The minimum absolute atomic E-state index is 0.0214. The van der Waals surface area contributed by atoms with E-state index < -0.39 is 0 Å². The second-order valence-corrected chi connectivity index (χ2v) is 6.23. The molecule has 2 rings (SSSR count). The standard InChI is InChI=1S/C18H26N6O/c1-6-14(13-10-8-7-9-11-13)16(25)19-12-15-20-17(23(2)3)22-18(21-15)24(4)5/h7-11,14H,6,12H2,1-5H3,(H,19,25)/t14-/m1/s1. The van der Waals surface area contributed by atoms with E-state index in [1.807, 2.05) is 75.2 Å². The lowest BCUT2D eigenvalue weighted by Gasteiger charge is -2.18. The van der Waals surface area contributed by atoms with Crippen LogP contribution >= 0.6 is 0 Å². The molecule has 0 fully saturated rings. The zero-order chi connectivity index (χ0) is 18.4. The maximum absolute atomic E-state index is 12.6. The Morgan fingerprint density at radius 3 is 2.04 bits per heavy atom. The molecule has 2 aromatic rings. The van der Waals surface area contributed by atoms with Gasteiger partial charge in [0.15, 0.2) is 5.82 Å². The van der Waals surface area contributed by atoms with Gasteiger partial charge < -0.3 is 15.1 Å². The van der Waals surface area contributed by atoms with Gasteiger partial charge in [-0.15, -0.1) is 0 Å². The second kappa shape index (κ2) is 8.41. The van der Waals surface area contributed by atoms with Crippen molar-refractivity contribution in [1.29, 1.82) is 0 Å². The molecular weight excluding hydrogens is 316 g/mol. The first-order valence-electron chi connectivity index (χ1n) is 8.34. The third kappa shape index (κ3) is 4.89. The largest absolute Gasteiger partial charge is 0.348 e. The molecule has 1 N–H and O–H groups in total. The summed E-state index contributed by atoms with van der Waals surface area (Å²) in [6.07, 6.45) is 0.735. The number of nitrogens with zero attached hydrogens (tertiary/aromatic N) is 5. The molecule has 1 atom stereocenters. The smallest absolute Gasteiger partial charge is 0.229 e. The molecule has 0 saturated heterocycles. The summed E-state index contributed by atoms with van der Waals surface area (Å²) in [5.74, 6) is 1.48. The van der Waals surface area contributed by atoms with Gasteiger partial charge in [-0.05, 0) is 12.0 Å². The summed E-state index contributed by atoms with van der Waals surface area (Å²) in [6.45, 7) is 2.28. The van der Waals surface area contributed by atoms with Gasteiger partial charge in [-0.2, -0.15) is 15.0 Å². The van der Waals surface area contributed by atoms with Crippen molar-refractivity contribution in [3.63, 3.8) is 0 Å². The molecule has 0 saturated carbocycles. The molecule has 0 aliphatic rings. The lowest BCUT2D eigenvalue weighted by Crippen LogP contribution is -2.30. The number of hydrogen-bond donors (Lipinski definition) is 1. The Balaban J connectivity index is 2.13. The molecule has 7 heteroatoms. The van der Waals surface area contributed by atoms with Gasteiger partial charge in [-0.3, -0.25) is 4.79 Å². The van der Waals surface area contributed by atoms with Crippen molar-refractivity contribution in [3.8, 4) is 0 Å². The lowest BCUT2D eigenvalue weighted by atomic mass is 9.96. The van der Waals surface area contributed by atoms with Crippen LogP contribution in [-0.4, -0.2) is 49.0 Å². The van der Waals surface area contributed by atoms with E-state index in [0.29, 0.717) is 17.7 Å². The molecule has 0 bridgehead atoms. The number of carbonyl (C=O) groups is 1. The molecule has 0 spiro atoms. The number of amides is 1. The highest BCUT2D eigenvalue weighted by atomic mass is 16.1. The zero-order valence-electron chi connectivity index (χ0n) is 15.5. The third-order valence-electron chi connectivity index (χ3n) is 3.81. The number of nitrogens with one attached hydrogen (secondary N) is 1. The van der Waals surface area contributed by atoms with Crippen LogP contribution in [-0.2, 0) is 11.3 Å². The van der Waals surface area contributed by atoms with Crippen LogP contribution < -0.4 is 15.1 Å². The molecular formula is C18H26N6O. The summed E-state index contributed by atoms with van der Waals surface area (Å²) in [5, 5.41) is 2.95. The lowest BCUT2D eigenvalue weighted by molar-refractivity contribution is -0.122. The Morgan fingerprint density at radius 1 is 1.00 bits per heavy atom. The minimum Gasteiger partial charge on any atom is -0.348 e. The summed E-state index contributed by atoms with van der Waals surface area (Å²) < 4.78 is 0. The highest BCUT2D eigenvalue weighted by Gasteiger charge is 2.19. The molecule has 1 aromatic heterocycles. The van der Waals surface area contributed by atoms with Crippen LogP contribution in [0.15, 0.2) is 30.3 Å². The van der Waals surface area contributed by atoms with Gasteiger partial charge in [0.2, 0.25) is 17.8 Å². The number of rotatable bonds is 7. The molecule has 1 amide bonds. The fraction of sp³-hybridized carbons (Fsp3) is 0.444. The van der Waals surface area contributed by atoms with Crippen LogP contribution in [0.25, 0.3) is 0 Å². The van der Waals surface area contributed by atoms with Gasteiger partial charge in [0.25, 0.3) is 0 Å². The summed E-state index contributed by atoms with van der Waals surface area (Å²) in [7, 11) is 7.50. The maximum atomic E-state index is 12.6. The van der Waals surface area contributed by atoms with Crippen LogP contribution in [0.4, 0.5) is 11.9 Å². The van der Waals surface area contributed by atoms with Gasteiger partial charge >= 0.3 is 0 Å².